The lowest BCUT2D eigenvalue weighted by Crippen LogP contribution is -2.24. The Hall–Kier alpha value is -2.57. The molecule has 0 saturated carbocycles. The highest BCUT2D eigenvalue weighted by molar-refractivity contribution is 5.94. The van der Waals surface area contributed by atoms with Crippen LogP contribution >= 0.6 is 0 Å². The highest BCUT2D eigenvalue weighted by atomic mass is 19.4. The maximum Gasteiger partial charge on any atom is 0.418 e. The van der Waals surface area contributed by atoms with Crippen LogP contribution in [0.25, 0.3) is 0 Å². The van der Waals surface area contributed by atoms with Gasteiger partial charge in [0.25, 0.3) is 5.91 Å². The van der Waals surface area contributed by atoms with Crippen molar-refractivity contribution in [3.8, 4) is 0 Å². The molecule has 1 amide bonds. The van der Waals surface area contributed by atoms with Crippen LogP contribution in [0.15, 0.2) is 42.7 Å². The van der Waals surface area contributed by atoms with Crippen LogP contribution in [0.3, 0.4) is 0 Å². The number of rotatable bonds is 6. The Labute approximate surface area is 138 Å². The van der Waals surface area contributed by atoms with E-state index in [4.69, 9.17) is 0 Å². The zero-order valence-electron chi connectivity index (χ0n) is 13.2. The minimum Gasteiger partial charge on any atom is -0.354 e. The van der Waals surface area contributed by atoms with Gasteiger partial charge in [0.1, 0.15) is 0 Å². The number of halogens is 3. The maximum absolute atomic E-state index is 13.0. The van der Waals surface area contributed by atoms with Crippen LogP contribution in [0.1, 0.15) is 35.7 Å². The predicted octanol–water partition coefficient (Wildman–Crippen LogP) is 4.37. The van der Waals surface area contributed by atoms with Crippen LogP contribution in [-0.4, -0.2) is 17.4 Å². The topological polar surface area (TPSA) is 54.0 Å². The van der Waals surface area contributed by atoms with Gasteiger partial charge in [0, 0.05) is 12.7 Å². The van der Waals surface area contributed by atoms with Crippen molar-refractivity contribution in [3.05, 3.63) is 53.9 Å². The van der Waals surface area contributed by atoms with E-state index in [9.17, 15) is 18.0 Å². The second kappa shape index (κ2) is 7.81. The SMILES string of the molecule is CCCCNC(=O)c1cncc(Nc2ccccc2C(F)(F)F)c1. The highest BCUT2D eigenvalue weighted by Gasteiger charge is 2.33. The highest BCUT2D eigenvalue weighted by Crippen LogP contribution is 2.35. The molecule has 0 fully saturated rings. The average Bonchev–Trinajstić information content (AvgIpc) is 2.55. The van der Waals surface area contributed by atoms with Gasteiger partial charge in [0.2, 0.25) is 0 Å². The number of alkyl halides is 3. The summed E-state index contributed by atoms with van der Waals surface area (Å²) in [4.78, 5) is 15.9. The summed E-state index contributed by atoms with van der Waals surface area (Å²) in [5.41, 5.74) is -0.256. The molecular formula is C17H18F3N3O. The van der Waals surface area contributed by atoms with Crippen LogP contribution in [0.5, 0.6) is 0 Å². The Morgan fingerprint density at radius 3 is 2.67 bits per heavy atom. The van der Waals surface area contributed by atoms with Gasteiger partial charge in [0.05, 0.1) is 28.7 Å². The van der Waals surface area contributed by atoms with Crippen molar-refractivity contribution < 1.29 is 18.0 Å². The van der Waals surface area contributed by atoms with Crippen molar-refractivity contribution in [2.75, 3.05) is 11.9 Å². The molecule has 24 heavy (non-hydrogen) atoms. The van der Waals surface area contributed by atoms with Crippen molar-refractivity contribution in [1.82, 2.24) is 10.3 Å². The Morgan fingerprint density at radius 1 is 1.21 bits per heavy atom. The summed E-state index contributed by atoms with van der Waals surface area (Å²) >= 11 is 0. The number of hydrogen-bond donors (Lipinski definition) is 2. The summed E-state index contributed by atoms with van der Waals surface area (Å²) in [5, 5.41) is 5.42. The molecule has 2 aromatic rings. The van der Waals surface area contributed by atoms with Gasteiger partial charge >= 0.3 is 6.18 Å². The Balaban J connectivity index is 2.17. The minimum absolute atomic E-state index is 0.0876. The molecule has 0 aliphatic heterocycles. The molecule has 1 heterocycles. The quantitative estimate of drug-likeness (QED) is 0.770. The number of anilines is 2. The first kappa shape index (κ1) is 17.8. The zero-order chi connectivity index (χ0) is 17.6. The molecule has 0 atom stereocenters. The third kappa shape index (κ3) is 4.71. The van der Waals surface area contributed by atoms with E-state index in [2.05, 4.69) is 15.6 Å². The summed E-state index contributed by atoms with van der Waals surface area (Å²) in [5.74, 6) is -0.302. The molecule has 0 bridgehead atoms. The average molecular weight is 337 g/mol. The van der Waals surface area contributed by atoms with E-state index in [1.54, 1.807) is 0 Å². The van der Waals surface area contributed by atoms with Crippen molar-refractivity contribution in [2.45, 2.75) is 25.9 Å². The van der Waals surface area contributed by atoms with E-state index < -0.39 is 11.7 Å². The summed E-state index contributed by atoms with van der Waals surface area (Å²) in [6.07, 6.45) is 0.0919. The molecule has 0 spiro atoms. The molecule has 7 heteroatoms. The van der Waals surface area contributed by atoms with E-state index in [-0.39, 0.29) is 11.6 Å². The number of hydrogen-bond acceptors (Lipinski definition) is 3. The van der Waals surface area contributed by atoms with Crippen molar-refractivity contribution >= 4 is 17.3 Å². The second-order valence-corrected chi connectivity index (χ2v) is 5.24. The number of nitrogens with zero attached hydrogens (tertiary/aromatic N) is 1. The first-order valence-corrected chi connectivity index (χ1v) is 7.58. The number of unbranched alkanes of at least 4 members (excludes halogenated alkanes) is 1. The predicted molar refractivity (Wildman–Crippen MR) is 86.2 cm³/mol. The fourth-order valence-electron chi connectivity index (χ4n) is 2.11. The summed E-state index contributed by atoms with van der Waals surface area (Å²) in [6, 6.07) is 6.63. The minimum atomic E-state index is -4.47. The molecule has 2 rings (SSSR count). The van der Waals surface area contributed by atoms with Crippen LogP contribution in [0.2, 0.25) is 0 Å². The lowest BCUT2D eigenvalue weighted by Gasteiger charge is -2.14. The summed E-state index contributed by atoms with van der Waals surface area (Å²) in [6.45, 7) is 2.56. The smallest absolute Gasteiger partial charge is 0.354 e. The van der Waals surface area contributed by atoms with Crippen LogP contribution < -0.4 is 10.6 Å². The lowest BCUT2D eigenvalue weighted by atomic mass is 10.1. The number of nitrogens with one attached hydrogen (secondary N) is 2. The molecule has 0 radical (unpaired) electrons. The summed E-state index contributed by atoms with van der Waals surface area (Å²) < 4.78 is 39.0. The van der Waals surface area contributed by atoms with E-state index in [0.29, 0.717) is 17.8 Å². The monoisotopic (exact) mass is 337 g/mol. The second-order valence-electron chi connectivity index (χ2n) is 5.24. The molecule has 128 valence electrons. The number of benzene rings is 1. The van der Waals surface area contributed by atoms with E-state index in [0.717, 1.165) is 18.9 Å². The number of para-hydroxylation sites is 1. The van der Waals surface area contributed by atoms with Gasteiger partial charge in [-0.3, -0.25) is 9.78 Å². The standard InChI is InChI=1S/C17H18F3N3O/c1-2-3-8-22-16(24)12-9-13(11-21-10-12)23-15-7-5-4-6-14(15)17(18,19)20/h4-7,9-11,23H,2-3,8H2,1H3,(H,22,24). The number of amides is 1. The zero-order valence-corrected chi connectivity index (χ0v) is 13.2. The van der Waals surface area contributed by atoms with Gasteiger partial charge in [-0.1, -0.05) is 25.5 Å². The largest absolute Gasteiger partial charge is 0.418 e. The Kier molecular flexibility index (Phi) is 5.78. The molecule has 1 aromatic heterocycles. The number of pyridine rings is 1. The fourth-order valence-corrected chi connectivity index (χ4v) is 2.11. The van der Waals surface area contributed by atoms with Gasteiger partial charge in [-0.25, -0.2) is 0 Å². The molecule has 0 aliphatic rings. The molecule has 2 N–H and O–H groups in total. The van der Waals surface area contributed by atoms with E-state index in [1.165, 1.54) is 36.7 Å². The van der Waals surface area contributed by atoms with Gasteiger partial charge in [-0.15, -0.1) is 0 Å². The van der Waals surface area contributed by atoms with Crippen LogP contribution in [-0.2, 0) is 6.18 Å². The number of carbonyl (C=O) groups excluding carboxylic acids is 1. The van der Waals surface area contributed by atoms with Crippen molar-refractivity contribution in [3.63, 3.8) is 0 Å². The molecule has 0 saturated heterocycles. The lowest BCUT2D eigenvalue weighted by molar-refractivity contribution is -0.136. The fraction of sp³-hybridized carbons (Fsp3) is 0.294. The Bertz CT molecular complexity index is 701. The van der Waals surface area contributed by atoms with E-state index >= 15 is 0 Å². The van der Waals surface area contributed by atoms with Crippen molar-refractivity contribution in [1.29, 1.82) is 0 Å². The van der Waals surface area contributed by atoms with Gasteiger partial charge < -0.3 is 10.6 Å². The first-order valence-electron chi connectivity index (χ1n) is 7.58. The van der Waals surface area contributed by atoms with Gasteiger partial charge in [0.15, 0.2) is 0 Å². The van der Waals surface area contributed by atoms with Gasteiger partial charge in [-0.2, -0.15) is 13.2 Å². The molecule has 0 aliphatic carbocycles. The molecule has 1 aromatic carbocycles. The van der Waals surface area contributed by atoms with Crippen LogP contribution in [0, 0.1) is 0 Å². The first-order chi connectivity index (χ1) is 11.4. The number of carbonyl (C=O) groups is 1. The van der Waals surface area contributed by atoms with Gasteiger partial charge in [-0.05, 0) is 24.6 Å². The van der Waals surface area contributed by atoms with E-state index in [1.807, 2.05) is 6.92 Å². The molecular weight excluding hydrogens is 319 g/mol. The van der Waals surface area contributed by atoms with Crippen LogP contribution in [0.4, 0.5) is 24.5 Å². The third-order valence-corrected chi connectivity index (χ3v) is 3.33. The summed E-state index contributed by atoms with van der Waals surface area (Å²) in [7, 11) is 0. The maximum atomic E-state index is 13.0. The normalized spacial score (nSPS) is 11.2. The Morgan fingerprint density at radius 2 is 1.96 bits per heavy atom. The third-order valence-electron chi connectivity index (χ3n) is 3.33. The van der Waals surface area contributed by atoms with Crippen molar-refractivity contribution in [2.24, 2.45) is 0 Å². The molecule has 4 nitrogen and oxygen atoms in total. The molecule has 0 unspecified atom stereocenters. The number of aromatic nitrogens is 1.